The van der Waals surface area contributed by atoms with Crippen LogP contribution in [-0.2, 0) is 20.7 Å². The summed E-state index contributed by atoms with van der Waals surface area (Å²) < 4.78 is 26.7. The lowest BCUT2D eigenvalue weighted by Crippen LogP contribution is -2.24. The van der Waals surface area contributed by atoms with Crippen LogP contribution in [0.3, 0.4) is 0 Å². The molecule has 3 rings (SSSR count). The maximum Gasteiger partial charge on any atom is 0.210 e. The fourth-order valence-corrected chi connectivity index (χ4v) is 4.96. The number of rotatable bonds is 0. The molecule has 0 amide bonds. The van der Waals surface area contributed by atoms with Gasteiger partial charge in [0.15, 0.2) is 0 Å². The first-order valence-electron chi connectivity index (χ1n) is 8.61. The van der Waals surface area contributed by atoms with Crippen LogP contribution in [0.5, 0.6) is 0 Å². The maximum atomic E-state index is 13.4. The Labute approximate surface area is 151 Å². The van der Waals surface area contributed by atoms with E-state index in [1.165, 1.54) is 0 Å². The molecule has 0 atom stereocenters. The molecule has 0 saturated heterocycles. The zero-order valence-electron chi connectivity index (χ0n) is 16.1. The van der Waals surface area contributed by atoms with E-state index in [-0.39, 0.29) is 10.8 Å². The second-order valence-corrected chi connectivity index (χ2v) is 10.8. The third-order valence-corrected chi connectivity index (χ3v) is 6.77. The number of hydrogen-bond donors (Lipinski definition) is 0. The molecule has 25 heavy (non-hydrogen) atoms. The molecule has 0 bridgehead atoms. The van der Waals surface area contributed by atoms with Crippen molar-refractivity contribution in [2.75, 3.05) is 11.9 Å². The van der Waals surface area contributed by atoms with Crippen molar-refractivity contribution in [3.8, 4) is 0 Å². The lowest BCUT2D eigenvalue weighted by molar-refractivity contribution is 0.579. The van der Waals surface area contributed by atoms with Gasteiger partial charge in [-0.2, -0.15) is 0 Å². The van der Waals surface area contributed by atoms with E-state index >= 15 is 0 Å². The Morgan fingerprint density at radius 1 is 0.720 bits per heavy atom. The zero-order valence-corrected chi connectivity index (χ0v) is 17.0. The van der Waals surface area contributed by atoms with E-state index in [1.807, 2.05) is 48.3 Å². The average molecular weight is 358 g/mol. The van der Waals surface area contributed by atoms with Gasteiger partial charge >= 0.3 is 0 Å². The summed E-state index contributed by atoms with van der Waals surface area (Å²) in [6.07, 6.45) is 0. The van der Waals surface area contributed by atoms with Gasteiger partial charge in [0.1, 0.15) is 0 Å². The smallest absolute Gasteiger partial charge is 0.210 e. The van der Waals surface area contributed by atoms with Crippen molar-refractivity contribution in [1.29, 1.82) is 0 Å². The van der Waals surface area contributed by atoms with E-state index in [0.29, 0.717) is 9.79 Å². The molecule has 0 unspecified atom stereocenters. The lowest BCUT2D eigenvalue weighted by Gasteiger charge is -2.32. The van der Waals surface area contributed by atoms with Crippen molar-refractivity contribution in [2.45, 2.75) is 62.2 Å². The Morgan fingerprint density at radius 2 is 1.08 bits per heavy atom. The highest BCUT2D eigenvalue weighted by molar-refractivity contribution is 7.92. The van der Waals surface area contributed by atoms with Gasteiger partial charge in [-0.05, 0) is 46.2 Å². The molecule has 0 radical (unpaired) electrons. The Morgan fingerprint density at radius 3 is 1.40 bits per heavy atom. The third-order valence-electron chi connectivity index (χ3n) is 4.95. The van der Waals surface area contributed by atoms with Gasteiger partial charge in [-0.25, -0.2) is 8.42 Å². The van der Waals surface area contributed by atoms with E-state index in [0.717, 1.165) is 22.5 Å². The van der Waals surface area contributed by atoms with Crippen molar-refractivity contribution >= 4 is 21.2 Å². The molecule has 4 heteroatoms. The van der Waals surface area contributed by atoms with E-state index < -0.39 is 9.84 Å². The van der Waals surface area contributed by atoms with E-state index in [4.69, 9.17) is 0 Å². The molecular formula is C21H27NO2S. The summed E-state index contributed by atoms with van der Waals surface area (Å²) in [7, 11) is -1.61. The monoisotopic (exact) mass is 357 g/mol. The van der Waals surface area contributed by atoms with Gasteiger partial charge in [-0.3, -0.25) is 0 Å². The predicted octanol–water partition coefficient (Wildman–Crippen LogP) is 5.20. The second-order valence-electron chi connectivity index (χ2n) is 8.93. The van der Waals surface area contributed by atoms with Crippen LogP contribution >= 0.6 is 0 Å². The molecule has 0 N–H and O–H groups in total. The zero-order chi connectivity index (χ0) is 18.8. The molecule has 0 spiro atoms. The predicted molar refractivity (Wildman–Crippen MR) is 104 cm³/mol. The number of benzene rings is 2. The van der Waals surface area contributed by atoms with E-state index in [2.05, 4.69) is 41.5 Å². The van der Waals surface area contributed by atoms with Crippen LogP contribution in [0.2, 0.25) is 0 Å². The lowest BCUT2D eigenvalue weighted by atomic mass is 9.86. The molecule has 3 nitrogen and oxygen atoms in total. The maximum absolute atomic E-state index is 13.4. The van der Waals surface area contributed by atoms with Crippen LogP contribution in [0.25, 0.3) is 0 Å². The molecule has 1 aliphatic heterocycles. The quantitative estimate of drug-likeness (QED) is 0.650. The van der Waals surface area contributed by atoms with Crippen molar-refractivity contribution in [1.82, 2.24) is 0 Å². The van der Waals surface area contributed by atoms with Gasteiger partial charge in [0, 0.05) is 7.05 Å². The largest absolute Gasteiger partial charge is 0.342 e. The number of sulfone groups is 1. The first-order valence-corrected chi connectivity index (χ1v) is 10.1. The molecule has 2 aromatic rings. The highest BCUT2D eigenvalue weighted by Gasteiger charge is 2.34. The summed E-state index contributed by atoms with van der Waals surface area (Å²) in [4.78, 5) is 2.78. The van der Waals surface area contributed by atoms with Gasteiger partial charge < -0.3 is 4.90 Å². The first kappa shape index (κ1) is 18.0. The first-order chi connectivity index (χ1) is 11.3. The SMILES string of the molecule is CN1c2ccc(C(C)(C)C)cc2S(=O)(=O)c2cc(C(C)(C)C)ccc21. The summed E-state index contributed by atoms with van der Waals surface area (Å²) in [6, 6.07) is 11.6. The second kappa shape index (κ2) is 5.34. The summed E-state index contributed by atoms with van der Waals surface area (Å²) in [5.41, 5.74) is 3.33. The highest BCUT2D eigenvalue weighted by Crippen LogP contribution is 2.45. The summed E-state index contributed by atoms with van der Waals surface area (Å²) in [5, 5.41) is 0. The van der Waals surface area contributed by atoms with E-state index in [9.17, 15) is 8.42 Å². The topological polar surface area (TPSA) is 37.4 Å². The van der Waals surface area contributed by atoms with Crippen molar-refractivity contribution < 1.29 is 8.42 Å². The Kier molecular flexibility index (Phi) is 3.84. The minimum Gasteiger partial charge on any atom is -0.342 e. The fraction of sp³-hybridized carbons (Fsp3) is 0.429. The molecule has 2 aromatic carbocycles. The van der Waals surface area contributed by atoms with Crippen LogP contribution in [-0.4, -0.2) is 15.5 Å². The van der Waals surface area contributed by atoms with Gasteiger partial charge in [0.25, 0.3) is 0 Å². The molecule has 134 valence electrons. The van der Waals surface area contributed by atoms with Crippen molar-refractivity contribution in [3.05, 3.63) is 47.5 Å². The summed E-state index contributed by atoms with van der Waals surface area (Å²) >= 11 is 0. The summed E-state index contributed by atoms with van der Waals surface area (Å²) in [5.74, 6) is 0. The number of fused-ring (bicyclic) bond motifs is 2. The van der Waals surface area contributed by atoms with Crippen molar-refractivity contribution in [2.24, 2.45) is 0 Å². The molecule has 0 fully saturated rings. The molecule has 0 saturated carbocycles. The van der Waals surface area contributed by atoms with Crippen LogP contribution in [0.15, 0.2) is 46.2 Å². The normalized spacial score (nSPS) is 16.4. The Hall–Kier alpha value is -1.81. The number of hydrogen-bond acceptors (Lipinski definition) is 3. The number of nitrogens with zero attached hydrogens (tertiary/aromatic N) is 1. The molecule has 1 heterocycles. The van der Waals surface area contributed by atoms with Gasteiger partial charge in [-0.1, -0.05) is 53.7 Å². The van der Waals surface area contributed by atoms with Crippen molar-refractivity contribution in [3.63, 3.8) is 0 Å². The Balaban J connectivity index is 2.29. The highest BCUT2D eigenvalue weighted by atomic mass is 32.2. The van der Waals surface area contributed by atoms with E-state index in [1.54, 1.807) is 0 Å². The van der Waals surface area contributed by atoms with Crippen LogP contribution < -0.4 is 4.90 Å². The number of anilines is 2. The third kappa shape index (κ3) is 2.86. The molecular weight excluding hydrogens is 330 g/mol. The van der Waals surface area contributed by atoms with Gasteiger partial charge in [0.2, 0.25) is 9.84 Å². The summed E-state index contributed by atoms with van der Waals surface area (Å²) in [6.45, 7) is 12.6. The standard InChI is InChI=1S/C21H27NO2S/c1-20(2,3)14-8-10-16-18(12-14)25(23,24)19-13-15(21(4,5)6)9-11-17(19)22(16)7/h8-13H,1-7H3. The van der Waals surface area contributed by atoms with Gasteiger partial charge in [0.05, 0.1) is 21.2 Å². The molecule has 0 aromatic heterocycles. The minimum atomic E-state index is -3.54. The molecule has 1 aliphatic rings. The van der Waals surface area contributed by atoms with Crippen LogP contribution in [0.4, 0.5) is 11.4 Å². The van der Waals surface area contributed by atoms with Gasteiger partial charge in [-0.15, -0.1) is 0 Å². The minimum absolute atomic E-state index is 0.101. The van der Waals surface area contributed by atoms with Crippen LogP contribution in [0, 0.1) is 0 Å². The molecule has 0 aliphatic carbocycles. The average Bonchev–Trinajstić information content (AvgIpc) is 2.50. The fourth-order valence-electron chi connectivity index (χ4n) is 3.19. The van der Waals surface area contributed by atoms with Crippen LogP contribution in [0.1, 0.15) is 52.7 Å². The Bertz CT molecular complexity index is 873.